The number of nitrogens with one attached hydrogen (secondary N) is 1. The summed E-state index contributed by atoms with van der Waals surface area (Å²) in [5.74, 6) is 5.29. The number of aliphatic hydroxyl groups is 1. The number of aromatic nitrogens is 1. The molecule has 2 heterocycles. The third kappa shape index (κ3) is 2.46. The van der Waals surface area contributed by atoms with Crippen molar-refractivity contribution in [2.24, 2.45) is 5.84 Å². The van der Waals surface area contributed by atoms with Gasteiger partial charge in [-0.1, -0.05) is 0 Å². The number of nitrogens with zero attached hydrogens (tertiary/aromatic N) is 2. The second kappa shape index (κ2) is 5.19. The van der Waals surface area contributed by atoms with Crippen LogP contribution in [0.25, 0.3) is 0 Å². The van der Waals surface area contributed by atoms with E-state index in [9.17, 15) is 13.5 Å². The largest absolute Gasteiger partial charge is 0.392 e. The predicted molar refractivity (Wildman–Crippen MR) is 66.0 cm³/mol. The first-order chi connectivity index (χ1) is 8.55. The van der Waals surface area contributed by atoms with Crippen LogP contribution in [0.4, 0.5) is 5.69 Å². The normalized spacial score (nSPS) is 21.8. The zero-order valence-electron chi connectivity index (χ0n) is 9.78. The van der Waals surface area contributed by atoms with Gasteiger partial charge in [-0.3, -0.25) is 10.8 Å². The van der Waals surface area contributed by atoms with E-state index in [4.69, 9.17) is 5.84 Å². The summed E-state index contributed by atoms with van der Waals surface area (Å²) < 4.78 is 26.0. The van der Waals surface area contributed by atoms with Crippen LogP contribution in [0, 0.1) is 0 Å². The minimum absolute atomic E-state index is 0.0293. The van der Waals surface area contributed by atoms with Crippen molar-refractivity contribution in [3.63, 3.8) is 0 Å². The van der Waals surface area contributed by atoms with Gasteiger partial charge in [-0.05, 0) is 18.9 Å². The van der Waals surface area contributed by atoms with Crippen LogP contribution in [0.3, 0.4) is 0 Å². The summed E-state index contributed by atoms with van der Waals surface area (Å²) in [7, 11) is -3.67. The van der Waals surface area contributed by atoms with E-state index in [2.05, 4.69) is 10.4 Å². The number of hydrazine groups is 1. The Kier molecular flexibility index (Phi) is 3.81. The molecule has 1 atom stereocenters. The van der Waals surface area contributed by atoms with E-state index in [0.717, 1.165) is 0 Å². The van der Waals surface area contributed by atoms with Gasteiger partial charge in [-0.25, -0.2) is 8.42 Å². The van der Waals surface area contributed by atoms with E-state index >= 15 is 0 Å². The Hall–Kier alpha value is -1.22. The van der Waals surface area contributed by atoms with Crippen LogP contribution in [-0.4, -0.2) is 42.0 Å². The van der Waals surface area contributed by atoms with E-state index in [1.165, 1.54) is 22.8 Å². The molecular weight excluding hydrogens is 256 g/mol. The number of anilines is 1. The first kappa shape index (κ1) is 13.2. The third-order valence-electron chi connectivity index (χ3n) is 2.92. The van der Waals surface area contributed by atoms with Crippen LogP contribution < -0.4 is 11.3 Å². The van der Waals surface area contributed by atoms with Crippen LogP contribution in [0.15, 0.2) is 23.4 Å². The Morgan fingerprint density at radius 1 is 1.56 bits per heavy atom. The van der Waals surface area contributed by atoms with Gasteiger partial charge < -0.3 is 10.5 Å². The highest BCUT2D eigenvalue weighted by atomic mass is 32.2. The summed E-state index contributed by atoms with van der Waals surface area (Å²) in [6.45, 7) is 0.513. The van der Waals surface area contributed by atoms with Crippen molar-refractivity contribution in [3.05, 3.63) is 18.5 Å². The molecule has 4 N–H and O–H groups in total. The number of hydrogen-bond donors (Lipinski definition) is 3. The molecule has 0 aliphatic carbocycles. The number of aliphatic hydroxyl groups excluding tert-OH is 1. The molecule has 8 heteroatoms. The Morgan fingerprint density at radius 3 is 3.00 bits per heavy atom. The van der Waals surface area contributed by atoms with Crippen LogP contribution in [0.2, 0.25) is 0 Å². The predicted octanol–water partition coefficient (Wildman–Crippen LogP) is -0.487. The lowest BCUT2D eigenvalue weighted by molar-refractivity contribution is 0.108. The molecule has 7 nitrogen and oxygen atoms in total. The molecular formula is C10H16N4O3S. The van der Waals surface area contributed by atoms with Crippen molar-refractivity contribution in [1.29, 1.82) is 0 Å². The average molecular weight is 272 g/mol. The highest BCUT2D eigenvalue weighted by Gasteiger charge is 2.31. The van der Waals surface area contributed by atoms with E-state index in [1.54, 1.807) is 0 Å². The smallest absolute Gasteiger partial charge is 0.246 e. The Morgan fingerprint density at radius 2 is 2.33 bits per heavy atom. The number of pyridine rings is 1. The molecule has 0 bridgehead atoms. The van der Waals surface area contributed by atoms with Gasteiger partial charge in [0.1, 0.15) is 4.90 Å². The maximum atomic E-state index is 12.4. The van der Waals surface area contributed by atoms with Gasteiger partial charge >= 0.3 is 0 Å². The van der Waals surface area contributed by atoms with Gasteiger partial charge in [0.25, 0.3) is 0 Å². The molecule has 1 fully saturated rings. The van der Waals surface area contributed by atoms with Gasteiger partial charge in [0.15, 0.2) is 0 Å². The molecule has 2 rings (SSSR count). The molecule has 1 saturated heterocycles. The highest BCUT2D eigenvalue weighted by molar-refractivity contribution is 7.89. The second-order valence-corrected chi connectivity index (χ2v) is 6.08. The summed E-state index contributed by atoms with van der Waals surface area (Å²) in [5, 5.41) is 9.55. The molecule has 1 aromatic heterocycles. The molecule has 1 aliphatic rings. The molecule has 0 aromatic carbocycles. The zero-order chi connectivity index (χ0) is 13.2. The minimum atomic E-state index is -3.67. The molecule has 1 aliphatic heterocycles. The molecule has 0 saturated carbocycles. The SMILES string of the molecule is NNc1ccncc1S(=O)(=O)N1CCCC(O)C1. The lowest BCUT2D eigenvalue weighted by atomic mass is 10.1. The van der Waals surface area contributed by atoms with Gasteiger partial charge in [-0.2, -0.15) is 4.31 Å². The highest BCUT2D eigenvalue weighted by Crippen LogP contribution is 2.25. The number of piperidine rings is 1. The summed E-state index contributed by atoms with van der Waals surface area (Å²) in [6.07, 6.45) is 3.37. The number of hydrogen-bond acceptors (Lipinski definition) is 6. The topological polar surface area (TPSA) is 109 Å². The monoisotopic (exact) mass is 272 g/mol. The van der Waals surface area contributed by atoms with Crippen molar-refractivity contribution >= 4 is 15.7 Å². The number of sulfonamides is 1. The summed E-state index contributed by atoms with van der Waals surface area (Å²) >= 11 is 0. The number of β-amino-alcohol motifs (C(OH)–C–C–N with tert-alkyl or cyclic N) is 1. The number of nitrogen functional groups attached to an aromatic ring is 1. The minimum Gasteiger partial charge on any atom is -0.392 e. The van der Waals surface area contributed by atoms with E-state index in [-0.39, 0.29) is 11.4 Å². The fourth-order valence-electron chi connectivity index (χ4n) is 1.98. The maximum absolute atomic E-state index is 12.4. The zero-order valence-corrected chi connectivity index (χ0v) is 10.6. The number of rotatable bonds is 3. The van der Waals surface area contributed by atoms with Crippen LogP contribution in [0.5, 0.6) is 0 Å². The standard InChI is InChI=1S/C10H16N4O3S/c11-13-9-3-4-12-6-10(9)18(16,17)14-5-1-2-8(15)7-14/h3-4,6,8,15H,1-2,5,7,11H2,(H,12,13). The molecule has 0 radical (unpaired) electrons. The van der Waals surface area contributed by atoms with Crippen LogP contribution >= 0.6 is 0 Å². The third-order valence-corrected chi connectivity index (χ3v) is 4.81. The first-order valence-corrected chi connectivity index (χ1v) is 7.08. The Balaban J connectivity index is 2.35. The summed E-state index contributed by atoms with van der Waals surface area (Å²) in [6, 6.07) is 1.49. The van der Waals surface area contributed by atoms with Crippen molar-refractivity contribution in [2.75, 3.05) is 18.5 Å². The number of nitrogens with two attached hydrogens (primary N) is 1. The first-order valence-electron chi connectivity index (χ1n) is 5.64. The molecule has 0 amide bonds. The Labute approximate surface area is 106 Å². The molecule has 1 aromatic rings. The van der Waals surface area contributed by atoms with Crippen molar-refractivity contribution in [3.8, 4) is 0 Å². The van der Waals surface area contributed by atoms with E-state index < -0.39 is 16.1 Å². The van der Waals surface area contributed by atoms with Gasteiger partial charge in [0.2, 0.25) is 10.0 Å². The summed E-state index contributed by atoms with van der Waals surface area (Å²) in [5.41, 5.74) is 2.64. The maximum Gasteiger partial charge on any atom is 0.246 e. The van der Waals surface area contributed by atoms with Gasteiger partial charge in [-0.15, -0.1) is 0 Å². The van der Waals surface area contributed by atoms with Crippen molar-refractivity contribution in [2.45, 2.75) is 23.8 Å². The van der Waals surface area contributed by atoms with E-state index in [0.29, 0.717) is 25.1 Å². The molecule has 100 valence electrons. The summed E-state index contributed by atoms with van der Waals surface area (Å²) in [4.78, 5) is 3.84. The van der Waals surface area contributed by atoms with Crippen molar-refractivity contribution < 1.29 is 13.5 Å². The average Bonchev–Trinajstić information content (AvgIpc) is 2.38. The van der Waals surface area contributed by atoms with Gasteiger partial charge in [0.05, 0.1) is 11.8 Å². The quantitative estimate of drug-likeness (QED) is 0.506. The van der Waals surface area contributed by atoms with Gasteiger partial charge in [0, 0.05) is 25.5 Å². The Bertz CT molecular complexity index is 520. The van der Waals surface area contributed by atoms with E-state index in [1.807, 2.05) is 0 Å². The molecule has 18 heavy (non-hydrogen) atoms. The lowest BCUT2D eigenvalue weighted by Crippen LogP contribution is -2.42. The van der Waals surface area contributed by atoms with Crippen molar-refractivity contribution in [1.82, 2.24) is 9.29 Å². The lowest BCUT2D eigenvalue weighted by Gasteiger charge is -2.29. The second-order valence-electron chi connectivity index (χ2n) is 4.18. The van der Waals surface area contributed by atoms with Crippen LogP contribution in [0.1, 0.15) is 12.8 Å². The van der Waals surface area contributed by atoms with Crippen LogP contribution in [-0.2, 0) is 10.0 Å². The molecule has 1 unspecified atom stereocenters. The molecule has 0 spiro atoms. The fraction of sp³-hybridized carbons (Fsp3) is 0.500. The fourth-order valence-corrected chi connectivity index (χ4v) is 3.60.